The number of carboxylic acid groups (broad SMARTS) is 1. The minimum atomic E-state index is -0.950. The van der Waals surface area contributed by atoms with Crippen LogP contribution in [0, 0.1) is 5.92 Å². The number of amides is 2. The van der Waals surface area contributed by atoms with Gasteiger partial charge in [0.2, 0.25) is 0 Å². The molecule has 16 heavy (non-hydrogen) atoms. The summed E-state index contributed by atoms with van der Waals surface area (Å²) in [5, 5.41) is 8.74. The van der Waals surface area contributed by atoms with Crippen molar-refractivity contribution in [3.05, 3.63) is 0 Å². The zero-order valence-corrected chi connectivity index (χ0v) is 9.98. The van der Waals surface area contributed by atoms with Crippen LogP contribution in [0.25, 0.3) is 0 Å². The molecule has 1 unspecified atom stereocenters. The summed E-state index contributed by atoms with van der Waals surface area (Å²) in [6.07, 6.45) is 1.79. The fourth-order valence-corrected chi connectivity index (χ4v) is 1.98. The SMILES string of the molecule is CCCN(CC(=O)O)C(=O)N1CCC(C)C1. The maximum absolute atomic E-state index is 12.0. The van der Waals surface area contributed by atoms with Crippen molar-refractivity contribution in [3.8, 4) is 0 Å². The molecule has 92 valence electrons. The van der Waals surface area contributed by atoms with E-state index in [4.69, 9.17) is 5.11 Å². The van der Waals surface area contributed by atoms with E-state index in [1.54, 1.807) is 4.90 Å². The second kappa shape index (κ2) is 5.72. The van der Waals surface area contributed by atoms with Crippen molar-refractivity contribution < 1.29 is 14.7 Å². The summed E-state index contributed by atoms with van der Waals surface area (Å²) in [6, 6.07) is -0.131. The van der Waals surface area contributed by atoms with Gasteiger partial charge in [0, 0.05) is 19.6 Å². The number of likely N-dealkylation sites (tertiary alicyclic amines) is 1. The van der Waals surface area contributed by atoms with Crippen LogP contribution in [-0.4, -0.2) is 53.1 Å². The highest BCUT2D eigenvalue weighted by Gasteiger charge is 2.27. The van der Waals surface area contributed by atoms with Crippen LogP contribution in [0.2, 0.25) is 0 Å². The van der Waals surface area contributed by atoms with Crippen molar-refractivity contribution in [1.82, 2.24) is 9.80 Å². The van der Waals surface area contributed by atoms with Crippen molar-refractivity contribution in [2.45, 2.75) is 26.7 Å². The summed E-state index contributed by atoms with van der Waals surface area (Å²) >= 11 is 0. The van der Waals surface area contributed by atoms with E-state index in [1.165, 1.54) is 4.90 Å². The van der Waals surface area contributed by atoms with Gasteiger partial charge >= 0.3 is 12.0 Å². The topological polar surface area (TPSA) is 60.9 Å². The molecule has 1 heterocycles. The third kappa shape index (κ3) is 3.40. The van der Waals surface area contributed by atoms with E-state index in [1.807, 2.05) is 6.92 Å². The largest absolute Gasteiger partial charge is 0.480 e. The van der Waals surface area contributed by atoms with Crippen LogP contribution >= 0.6 is 0 Å². The highest BCUT2D eigenvalue weighted by molar-refractivity contribution is 5.80. The smallest absolute Gasteiger partial charge is 0.323 e. The standard InChI is InChI=1S/C11H20N2O3/c1-3-5-12(8-10(14)15)11(16)13-6-4-9(2)7-13/h9H,3-8H2,1-2H3,(H,14,15). The molecule has 1 aliphatic rings. The first-order valence-electron chi connectivity index (χ1n) is 5.80. The molecule has 1 atom stereocenters. The van der Waals surface area contributed by atoms with Gasteiger partial charge in [0.15, 0.2) is 0 Å². The van der Waals surface area contributed by atoms with Gasteiger partial charge in [-0.1, -0.05) is 13.8 Å². The molecule has 0 radical (unpaired) electrons. The highest BCUT2D eigenvalue weighted by atomic mass is 16.4. The molecular weight excluding hydrogens is 208 g/mol. The average Bonchev–Trinajstić information content (AvgIpc) is 2.62. The van der Waals surface area contributed by atoms with Crippen molar-refractivity contribution in [2.75, 3.05) is 26.2 Å². The molecule has 5 heteroatoms. The molecule has 2 amide bonds. The van der Waals surface area contributed by atoms with Gasteiger partial charge in [0.25, 0.3) is 0 Å². The Morgan fingerprint density at radius 2 is 2.19 bits per heavy atom. The molecule has 0 aromatic rings. The van der Waals surface area contributed by atoms with E-state index < -0.39 is 5.97 Å². The van der Waals surface area contributed by atoms with Crippen molar-refractivity contribution in [2.24, 2.45) is 5.92 Å². The van der Waals surface area contributed by atoms with E-state index in [9.17, 15) is 9.59 Å². The van der Waals surface area contributed by atoms with Crippen LogP contribution in [0.1, 0.15) is 26.7 Å². The number of hydrogen-bond acceptors (Lipinski definition) is 2. The lowest BCUT2D eigenvalue weighted by Crippen LogP contribution is -2.44. The summed E-state index contributed by atoms with van der Waals surface area (Å²) in [6.45, 7) is 5.86. The van der Waals surface area contributed by atoms with Gasteiger partial charge in [-0.3, -0.25) is 4.79 Å². The molecule has 1 fully saturated rings. The molecule has 0 aromatic heterocycles. The number of rotatable bonds is 4. The van der Waals surface area contributed by atoms with Gasteiger partial charge in [-0.05, 0) is 18.8 Å². The van der Waals surface area contributed by atoms with E-state index >= 15 is 0 Å². The van der Waals surface area contributed by atoms with E-state index in [-0.39, 0.29) is 12.6 Å². The molecule has 0 bridgehead atoms. The summed E-state index contributed by atoms with van der Waals surface area (Å²) in [7, 11) is 0. The van der Waals surface area contributed by atoms with Gasteiger partial charge < -0.3 is 14.9 Å². The molecule has 0 aromatic carbocycles. The maximum atomic E-state index is 12.0. The first-order chi connectivity index (χ1) is 7.54. The molecule has 5 nitrogen and oxygen atoms in total. The average molecular weight is 228 g/mol. The lowest BCUT2D eigenvalue weighted by atomic mass is 10.2. The Morgan fingerprint density at radius 1 is 1.50 bits per heavy atom. The zero-order valence-electron chi connectivity index (χ0n) is 9.98. The Labute approximate surface area is 96.0 Å². The highest BCUT2D eigenvalue weighted by Crippen LogP contribution is 2.16. The Morgan fingerprint density at radius 3 is 2.62 bits per heavy atom. The van der Waals surface area contributed by atoms with Crippen LogP contribution in [0.15, 0.2) is 0 Å². The summed E-state index contributed by atoms with van der Waals surface area (Å²) < 4.78 is 0. The number of urea groups is 1. The van der Waals surface area contributed by atoms with Gasteiger partial charge in [0.05, 0.1) is 0 Å². The Kier molecular flexibility index (Phi) is 4.58. The normalized spacial score (nSPS) is 19.9. The summed E-state index contributed by atoms with van der Waals surface area (Å²) in [4.78, 5) is 25.8. The van der Waals surface area contributed by atoms with E-state index in [0.717, 1.165) is 25.9 Å². The number of carbonyl (C=O) groups excluding carboxylic acids is 1. The van der Waals surface area contributed by atoms with Gasteiger partial charge in [0.1, 0.15) is 6.54 Å². The number of nitrogens with zero attached hydrogens (tertiary/aromatic N) is 2. The van der Waals surface area contributed by atoms with Crippen LogP contribution in [0.3, 0.4) is 0 Å². The van der Waals surface area contributed by atoms with Gasteiger partial charge in [-0.2, -0.15) is 0 Å². The maximum Gasteiger partial charge on any atom is 0.323 e. The van der Waals surface area contributed by atoms with Crippen LogP contribution in [0.5, 0.6) is 0 Å². The van der Waals surface area contributed by atoms with E-state index in [2.05, 4.69) is 6.92 Å². The van der Waals surface area contributed by atoms with Gasteiger partial charge in [-0.25, -0.2) is 4.79 Å². The predicted molar refractivity (Wildman–Crippen MR) is 60.2 cm³/mol. The summed E-state index contributed by atoms with van der Waals surface area (Å²) in [5.41, 5.74) is 0. The number of carboxylic acids is 1. The molecule has 0 spiro atoms. The molecule has 1 rings (SSSR count). The Hall–Kier alpha value is -1.26. The quantitative estimate of drug-likeness (QED) is 0.787. The van der Waals surface area contributed by atoms with Crippen molar-refractivity contribution >= 4 is 12.0 Å². The van der Waals surface area contributed by atoms with E-state index in [0.29, 0.717) is 12.5 Å². The number of carbonyl (C=O) groups is 2. The molecule has 1 saturated heterocycles. The van der Waals surface area contributed by atoms with Gasteiger partial charge in [-0.15, -0.1) is 0 Å². The second-order valence-corrected chi connectivity index (χ2v) is 4.44. The second-order valence-electron chi connectivity index (χ2n) is 4.44. The minimum Gasteiger partial charge on any atom is -0.480 e. The third-order valence-corrected chi connectivity index (χ3v) is 2.78. The molecule has 1 aliphatic heterocycles. The molecule has 0 aliphatic carbocycles. The fraction of sp³-hybridized carbons (Fsp3) is 0.818. The zero-order chi connectivity index (χ0) is 12.1. The van der Waals surface area contributed by atoms with Crippen molar-refractivity contribution in [3.63, 3.8) is 0 Å². The Bertz CT molecular complexity index is 268. The first kappa shape index (κ1) is 12.8. The number of hydrogen-bond donors (Lipinski definition) is 1. The van der Waals surface area contributed by atoms with Crippen LogP contribution < -0.4 is 0 Å². The Balaban J connectivity index is 2.56. The number of aliphatic carboxylic acids is 1. The van der Waals surface area contributed by atoms with Crippen LogP contribution in [-0.2, 0) is 4.79 Å². The molecule has 0 saturated carbocycles. The lowest BCUT2D eigenvalue weighted by Gasteiger charge is -2.26. The minimum absolute atomic E-state index is 0.131. The first-order valence-corrected chi connectivity index (χ1v) is 5.80. The fourth-order valence-electron chi connectivity index (χ4n) is 1.98. The third-order valence-electron chi connectivity index (χ3n) is 2.78. The summed E-state index contributed by atoms with van der Waals surface area (Å²) in [5.74, 6) is -0.425. The molecular formula is C11H20N2O3. The predicted octanol–water partition coefficient (Wildman–Crippen LogP) is 1.24. The monoisotopic (exact) mass is 228 g/mol. The molecule has 1 N–H and O–H groups in total. The lowest BCUT2D eigenvalue weighted by molar-refractivity contribution is -0.137. The van der Waals surface area contributed by atoms with Crippen molar-refractivity contribution in [1.29, 1.82) is 0 Å². The van der Waals surface area contributed by atoms with Crippen LogP contribution in [0.4, 0.5) is 4.79 Å².